The molecule has 3 aromatic rings. The fraction of sp³-hybridized carbons (Fsp3) is 0.429. The van der Waals surface area contributed by atoms with Crippen LogP contribution in [0, 0.1) is 23.4 Å². The number of carbonyl (C=O) groups is 2. The van der Waals surface area contributed by atoms with Crippen LogP contribution >= 0.6 is 0 Å². The topological polar surface area (TPSA) is 126 Å². The predicted octanol–water partition coefficient (Wildman–Crippen LogP) is 4.96. The van der Waals surface area contributed by atoms with E-state index in [-0.39, 0.29) is 40.9 Å². The van der Waals surface area contributed by atoms with Crippen molar-refractivity contribution >= 4 is 27.7 Å². The van der Waals surface area contributed by atoms with Gasteiger partial charge in [0.25, 0.3) is 0 Å². The van der Waals surface area contributed by atoms with Crippen LogP contribution in [0.4, 0.5) is 23.7 Å². The Morgan fingerprint density at radius 2 is 1.71 bits per heavy atom. The number of hydrogen-bond donors (Lipinski definition) is 3. The van der Waals surface area contributed by atoms with Gasteiger partial charge in [-0.2, -0.15) is 4.31 Å². The van der Waals surface area contributed by atoms with Gasteiger partial charge >= 0.3 is 6.09 Å². The normalized spacial score (nSPS) is 20.3. The summed E-state index contributed by atoms with van der Waals surface area (Å²) < 4.78 is 83.2. The Morgan fingerprint density at radius 1 is 0.980 bits per heavy atom. The number of ether oxygens (including phenoxy) is 2. The van der Waals surface area contributed by atoms with Gasteiger partial charge in [-0.1, -0.05) is 30.3 Å². The van der Waals surface area contributed by atoms with E-state index in [0.29, 0.717) is 44.7 Å². The molecular weight excluding hydrogens is 661 g/mol. The summed E-state index contributed by atoms with van der Waals surface area (Å²) in [6.07, 6.45) is 0.355. The fourth-order valence-corrected chi connectivity index (χ4v) is 8.73. The van der Waals surface area contributed by atoms with E-state index in [4.69, 9.17) is 9.47 Å². The second kappa shape index (κ2) is 16.2. The van der Waals surface area contributed by atoms with Gasteiger partial charge in [0.15, 0.2) is 11.6 Å². The zero-order valence-corrected chi connectivity index (χ0v) is 28.1. The van der Waals surface area contributed by atoms with E-state index in [1.807, 2.05) is 6.92 Å². The van der Waals surface area contributed by atoms with E-state index < -0.39 is 57.5 Å². The summed E-state index contributed by atoms with van der Waals surface area (Å²) in [7, 11) is -2.73. The van der Waals surface area contributed by atoms with Crippen LogP contribution in [0.5, 0.6) is 0 Å². The molecule has 3 aromatic carbocycles. The Balaban J connectivity index is 1.43. The molecule has 5 rings (SSSR count). The molecule has 0 bridgehead atoms. The summed E-state index contributed by atoms with van der Waals surface area (Å²) in [6.45, 7) is 3.35. The summed E-state index contributed by atoms with van der Waals surface area (Å²) in [5.74, 6) is -4.57. The Morgan fingerprint density at radius 3 is 2.41 bits per heavy atom. The summed E-state index contributed by atoms with van der Waals surface area (Å²) in [5.41, 5.74) is 0.575. The van der Waals surface area contributed by atoms with Gasteiger partial charge in [0, 0.05) is 55.6 Å². The summed E-state index contributed by atoms with van der Waals surface area (Å²) in [6, 6.07) is 13.5. The molecule has 264 valence electrons. The van der Waals surface area contributed by atoms with Crippen molar-refractivity contribution in [2.75, 3.05) is 38.7 Å². The van der Waals surface area contributed by atoms with Crippen LogP contribution < -0.4 is 16.0 Å². The second-order valence-electron chi connectivity index (χ2n) is 12.4. The number of alkyl carbamates (subject to hydrolysis) is 1. The van der Waals surface area contributed by atoms with Crippen LogP contribution in [0.15, 0.2) is 71.6 Å². The molecule has 4 atom stereocenters. The molecule has 2 saturated heterocycles. The smallest absolute Gasteiger partial charge is 0.407 e. The van der Waals surface area contributed by atoms with Crippen molar-refractivity contribution in [3.8, 4) is 0 Å². The highest BCUT2D eigenvalue weighted by Gasteiger charge is 2.40. The Hall–Kier alpha value is -3.98. The van der Waals surface area contributed by atoms with Gasteiger partial charge in [-0.05, 0) is 80.5 Å². The number of anilines is 1. The van der Waals surface area contributed by atoms with Gasteiger partial charge in [0.1, 0.15) is 11.9 Å². The van der Waals surface area contributed by atoms with E-state index >= 15 is 4.39 Å². The van der Waals surface area contributed by atoms with E-state index in [9.17, 15) is 26.8 Å². The first-order chi connectivity index (χ1) is 23.5. The first kappa shape index (κ1) is 36.3. The lowest BCUT2D eigenvalue weighted by molar-refractivity contribution is -0.119. The Labute approximate surface area is 284 Å². The SMILES string of the molecule is COC(=O)N[C@H](C(=O)Nc1cccc(F)c1CCC1CNC[C@@H](C)N1S(=O)(=O)c1ccccc1)[C@@H](c1ccc(F)c(F)c1)C1CCOCC1. The van der Waals surface area contributed by atoms with Gasteiger partial charge in [-0.3, -0.25) is 4.79 Å². The Kier molecular flexibility index (Phi) is 12.0. The second-order valence-corrected chi connectivity index (χ2v) is 14.2. The van der Waals surface area contributed by atoms with E-state index in [1.165, 1.54) is 28.6 Å². The third kappa shape index (κ3) is 8.43. The molecule has 1 unspecified atom stereocenters. The number of nitrogens with zero attached hydrogens (tertiary/aromatic N) is 1. The van der Waals surface area contributed by atoms with Crippen LogP contribution in [0.1, 0.15) is 43.2 Å². The number of piperazine rings is 1. The molecule has 49 heavy (non-hydrogen) atoms. The number of halogens is 3. The van der Waals surface area contributed by atoms with Crippen molar-refractivity contribution in [1.29, 1.82) is 0 Å². The average molecular weight is 703 g/mol. The zero-order valence-electron chi connectivity index (χ0n) is 27.3. The number of methoxy groups -OCH3 is 1. The zero-order chi connectivity index (χ0) is 35.1. The molecule has 3 N–H and O–H groups in total. The molecule has 2 aliphatic heterocycles. The first-order valence-corrected chi connectivity index (χ1v) is 17.7. The molecule has 2 amide bonds. The molecule has 0 aliphatic carbocycles. The van der Waals surface area contributed by atoms with Gasteiger partial charge in [0.05, 0.1) is 12.0 Å². The number of sulfonamides is 1. The van der Waals surface area contributed by atoms with Crippen LogP contribution in [-0.4, -0.2) is 76.3 Å². The number of amides is 2. The van der Waals surface area contributed by atoms with Crippen molar-refractivity contribution in [2.24, 2.45) is 5.92 Å². The molecule has 2 aliphatic rings. The first-order valence-electron chi connectivity index (χ1n) is 16.3. The van der Waals surface area contributed by atoms with E-state index in [0.717, 1.165) is 19.2 Å². The molecule has 10 nitrogen and oxygen atoms in total. The standard InChI is InChI=1S/C35H41F3N4O6S/c1-22-20-39-21-25(42(22)49(45,46)26-7-4-3-5-8-26)12-13-27-28(36)9-6-10-31(27)40-34(43)33(41-35(44)47-2)32(23-15-17-48-18-16-23)24-11-14-29(37)30(38)19-24/h3-11,14,19,22-23,25,32-33,39H,12-13,15-18,20-21H2,1-2H3,(H,40,43)(H,41,44)/t22-,25?,32-,33+/m1/s1. The van der Waals surface area contributed by atoms with Crippen LogP contribution in [0.2, 0.25) is 0 Å². The number of rotatable bonds is 11. The molecule has 0 aromatic heterocycles. The van der Waals surface area contributed by atoms with Crippen LogP contribution in [-0.2, 0) is 30.7 Å². The minimum Gasteiger partial charge on any atom is -0.453 e. The molecule has 2 fully saturated rings. The van der Waals surface area contributed by atoms with E-state index in [2.05, 4.69) is 16.0 Å². The molecule has 14 heteroatoms. The van der Waals surface area contributed by atoms with Crippen LogP contribution in [0.25, 0.3) is 0 Å². The van der Waals surface area contributed by atoms with Gasteiger partial charge in [-0.25, -0.2) is 26.4 Å². The van der Waals surface area contributed by atoms with Crippen molar-refractivity contribution in [3.05, 3.63) is 95.3 Å². The minimum atomic E-state index is -3.86. The number of benzene rings is 3. The van der Waals surface area contributed by atoms with Gasteiger partial charge in [-0.15, -0.1) is 0 Å². The quantitative estimate of drug-likeness (QED) is 0.258. The lowest BCUT2D eigenvalue weighted by Crippen LogP contribution is -2.58. The molecular formula is C35H41F3N4O6S. The third-order valence-electron chi connectivity index (χ3n) is 9.24. The lowest BCUT2D eigenvalue weighted by atomic mass is 9.76. The molecule has 2 heterocycles. The summed E-state index contributed by atoms with van der Waals surface area (Å²) in [5, 5.41) is 8.60. The van der Waals surface area contributed by atoms with Crippen molar-refractivity contribution in [3.63, 3.8) is 0 Å². The summed E-state index contributed by atoms with van der Waals surface area (Å²) in [4.78, 5) is 26.9. The van der Waals surface area contributed by atoms with Crippen molar-refractivity contribution in [1.82, 2.24) is 14.9 Å². The minimum absolute atomic E-state index is 0.0732. The highest BCUT2D eigenvalue weighted by atomic mass is 32.2. The predicted molar refractivity (Wildman–Crippen MR) is 177 cm³/mol. The molecule has 0 spiro atoms. The maximum atomic E-state index is 15.5. The Bertz CT molecular complexity index is 1730. The maximum Gasteiger partial charge on any atom is 0.407 e. The van der Waals surface area contributed by atoms with Gasteiger partial charge in [0.2, 0.25) is 15.9 Å². The third-order valence-corrected chi connectivity index (χ3v) is 11.3. The fourth-order valence-electron chi connectivity index (χ4n) is 6.86. The number of hydrogen-bond acceptors (Lipinski definition) is 7. The van der Waals surface area contributed by atoms with Gasteiger partial charge < -0.3 is 25.4 Å². The highest BCUT2D eigenvalue weighted by Crippen LogP contribution is 2.37. The van der Waals surface area contributed by atoms with Crippen LogP contribution in [0.3, 0.4) is 0 Å². The number of nitrogens with one attached hydrogen (secondary N) is 3. The number of carbonyl (C=O) groups excluding carboxylic acids is 2. The molecule has 0 saturated carbocycles. The summed E-state index contributed by atoms with van der Waals surface area (Å²) >= 11 is 0. The van der Waals surface area contributed by atoms with Crippen molar-refractivity contribution < 1.29 is 40.7 Å². The monoisotopic (exact) mass is 702 g/mol. The largest absolute Gasteiger partial charge is 0.453 e. The van der Waals surface area contributed by atoms with Crippen molar-refractivity contribution in [2.45, 2.75) is 61.5 Å². The van der Waals surface area contributed by atoms with E-state index in [1.54, 1.807) is 30.3 Å². The highest BCUT2D eigenvalue weighted by molar-refractivity contribution is 7.89. The lowest BCUT2D eigenvalue weighted by Gasteiger charge is -2.40. The average Bonchev–Trinajstić information content (AvgIpc) is 3.09. The maximum absolute atomic E-state index is 15.5. The molecule has 0 radical (unpaired) electrons.